The van der Waals surface area contributed by atoms with Gasteiger partial charge in [-0.3, -0.25) is 9.59 Å². The van der Waals surface area contributed by atoms with Crippen molar-refractivity contribution in [3.8, 4) is 0 Å². The fraction of sp³-hybridized carbons (Fsp3) is 0.167. The van der Waals surface area contributed by atoms with Crippen LogP contribution in [-0.4, -0.2) is 20.3 Å². The van der Waals surface area contributed by atoms with Crippen LogP contribution in [0, 0.1) is 19.7 Å². The SMILES string of the molecule is Cc1cc(F)c(C)c2c1C(=O)c1nsnc1C2=O. The van der Waals surface area contributed by atoms with Crippen LogP contribution in [0.2, 0.25) is 0 Å². The number of carbonyl (C=O) groups excluding carboxylic acids is 2. The van der Waals surface area contributed by atoms with E-state index in [4.69, 9.17) is 0 Å². The molecule has 1 aromatic heterocycles. The molecule has 1 aliphatic rings. The second kappa shape index (κ2) is 3.52. The Bertz CT molecular complexity index is 721. The van der Waals surface area contributed by atoms with Gasteiger partial charge >= 0.3 is 0 Å². The van der Waals surface area contributed by atoms with Gasteiger partial charge in [0, 0.05) is 11.1 Å². The zero-order chi connectivity index (χ0) is 13.0. The maximum Gasteiger partial charge on any atom is 0.216 e. The Hall–Kier alpha value is -1.95. The number of fused-ring (bicyclic) bond motifs is 2. The minimum Gasteiger partial charge on any atom is -0.287 e. The van der Waals surface area contributed by atoms with Gasteiger partial charge in [0.15, 0.2) is 11.4 Å². The van der Waals surface area contributed by atoms with Crippen molar-refractivity contribution in [2.45, 2.75) is 13.8 Å². The second-order valence-electron chi connectivity index (χ2n) is 4.17. The Morgan fingerprint density at radius 2 is 1.61 bits per heavy atom. The molecule has 0 N–H and O–H groups in total. The molecule has 0 amide bonds. The first-order valence-corrected chi connectivity index (χ1v) is 5.97. The summed E-state index contributed by atoms with van der Waals surface area (Å²) in [5.74, 6) is -1.26. The van der Waals surface area contributed by atoms with Crippen LogP contribution in [0.15, 0.2) is 6.07 Å². The molecule has 2 aromatic rings. The highest BCUT2D eigenvalue weighted by Crippen LogP contribution is 2.31. The van der Waals surface area contributed by atoms with Crippen molar-refractivity contribution >= 4 is 23.3 Å². The third-order valence-electron chi connectivity index (χ3n) is 3.09. The molecule has 1 aliphatic carbocycles. The van der Waals surface area contributed by atoms with Gasteiger partial charge in [-0.1, -0.05) is 0 Å². The summed E-state index contributed by atoms with van der Waals surface area (Å²) >= 11 is 0.814. The molecule has 6 heteroatoms. The molecule has 1 heterocycles. The molecule has 0 saturated carbocycles. The van der Waals surface area contributed by atoms with Crippen LogP contribution < -0.4 is 0 Å². The Balaban J connectivity index is 2.43. The minimum atomic E-state index is -0.487. The van der Waals surface area contributed by atoms with E-state index in [1.807, 2.05) is 0 Å². The number of hydrogen-bond donors (Lipinski definition) is 0. The molecule has 0 radical (unpaired) electrons. The van der Waals surface area contributed by atoms with Gasteiger partial charge < -0.3 is 0 Å². The number of ketones is 2. The lowest BCUT2D eigenvalue weighted by atomic mass is 9.84. The van der Waals surface area contributed by atoms with Crippen LogP contribution in [0.1, 0.15) is 43.2 Å². The average Bonchev–Trinajstić information content (AvgIpc) is 2.80. The van der Waals surface area contributed by atoms with Crippen molar-refractivity contribution in [3.63, 3.8) is 0 Å². The highest BCUT2D eigenvalue weighted by molar-refractivity contribution is 6.99. The minimum absolute atomic E-state index is 0.0330. The van der Waals surface area contributed by atoms with E-state index in [9.17, 15) is 14.0 Å². The number of rotatable bonds is 0. The molecule has 0 aliphatic heterocycles. The van der Waals surface area contributed by atoms with E-state index in [-0.39, 0.29) is 33.9 Å². The largest absolute Gasteiger partial charge is 0.287 e. The average molecular weight is 262 g/mol. The molecule has 0 saturated heterocycles. The van der Waals surface area contributed by atoms with Crippen LogP contribution in [0.25, 0.3) is 0 Å². The van der Waals surface area contributed by atoms with Gasteiger partial charge in [0.05, 0.1) is 11.7 Å². The molecule has 0 spiro atoms. The van der Waals surface area contributed by atoms with Crippen molar-refractivity contribution in [1.29, 1.82) is 0 Å². The summed E-state index contributed by atoms with van der Waals surface area (Å²) in [6.45, 7) is 3.10. The van der Waals surface area contributed by atoms with E-state index in [2.05, 4.69) is 8.75 Å². The lowest BCUT2D eigenvalue weighted by Gasteiger charge is -2.17. The summed E-state index contributed by atoms with van der Waals surface area (Å²) in [5, 5.41) is 0. The molecule has 3 rings (SSSR count). The number of aryl methyl sites for hydroxylation is 1. The maximum absolute atomic E-state index is 13.7. The van der Waals surface area contributed by atoms with Crippen LogP contribution in [-0.2, 0) is 0 Å². The van der Waals surface area contributed by atoms with Crippen molar-refractivity contribution in [2.24, 2.45) is 0 Å². The van der Waals surface area contributed by atoms with Crippen LogP contribution in [0.5, 0.6) is 0 Å². The first-order valence-electron chi connectivity index (χ1n) is 5.24. The quantitative estimate of drug-likeness (QED) is 0.622. The van der Waals surface area contributed by atoms with Crippen molar-refractivity contribution < 1.29 is 14.0 Å². The molecular weight excluding hydrogens is 255 g/mol. The number of nitrogens with zero attached hydrogens (tertiary/aromatic N) is 2. The molecule has 18 heavy (non-hydrogen) atoms. The van der Waals surface area contributed by atoms with Gasteiger partial charge in [-0.25, -0.2) is 4.39 Å². The number of halogens is 1. The van der Waals surface area contributed by atoms with Gasteiger partial charge in [-0.05, 0) is 31.0 Å². The first-order chi connectivity index (χ1) is 8.52. The predicted octanol–water partition coefficient (Wildman–Crippen LogP) is 2.07. The molecule has 1 aromatic carbocycles. The van der Waals surface area contributed by atoms with E-state index in [1.54, 1.807) is 6.92 Å². The van der Waals surface area contributed by atoms with Crippen molar-refractivity contribution in [1.82, 2.24) is 8.75 Å². The molecule has 0 unspecified atom stereocenters. The monoisotopic (exact) mass is 262 g/mol. The normalized spacial score (nSPS) is 13.5. The van der Waals surface area contributed by atoms with E-state index in [0.29, 0.717) is 5.56 Å². The summed E-state index contributed by atoms with van der Waals surface area (Å²) < 4.78 is 21.3. The van der Waals surface area contributed by atoms with Crippen molar-refractivity contribution in [2.75, 3.05) is 0 Å². The third kappa shape index (κ3) is 1.23. The zero-order valence-corrected chi connectivity index (χ0v) is 10.4. The van der Waals surface area contributed by atoms with Gasteiger partial charge in [0.25, 0.3) is 0 Å². The molecular formula is C12H7FN2O2S. The van der Waals surface area contributed by atoms with Crippen LogP contribution in [0.3, 0.4) is 0 Å². The Morgan fingerprint density at radius 3 is 2.22 bits per heavy atom. The molecule has 0 fully saturated rings. The summed E-state index contributed by atoms with van der Waals surface area (Å²) in [4.78, 5) is 24.5. The topological polar surface area (TPSA) is 59.9 Å². The second-order valence-corrected chi connectivity index (χ2v) is 4.70. The van der Waals surface area contributed by atoms with Crippen LogP contribution >= 0.6 is 11.7 Å². The number of aromatic nitrogens is 2. The third-order valence-corrected chi connectivity index (χ3v) is 3.62. The molecule has 4 nitrogen and oxygen atoms in total. The summed E-state index contributed by atoms with van der Waals surface area (Å²) in [6, 6.07) is 1.27. The smallest absolute Gasteiger partial charge is 0.216 e. The van der Waals surface area contributed by atoms with Crippen molar-refractivity contribution in [3.05, 3.63) is 45.5 Å². The summed E-state index contributed by atoms with van der Waals surface area (Å²) in [6.07, 6.45) is 0. The highest BCUT2D eigenvalue weighted by Gasteiger charge is 2.36. The highest BCUT2D eigenvalue weighted by atomic mass is 32.1. The summed E-state index contributed by atoms with van der Waals surface area (Å²) in [7, 11) is 0. The van der Waals surface area contributed by atoms with Crippen LogP contribution in [0.4, 0.5) is 4.39 Å². The maximum atomic E-state index is 13.7. The van der Waals surface area contributed by atoms with Gasteiger partial charge in [-0.15, -0.1) is 0 Å². The number of carbonyl (C=O) groups is 2. The molecule has 90 valence electrons. The number of hydrogen-bond acceptors (Lipinski definition) is 5. The Labute approximate surface area is 106 Å². The van der Waals surface area contributed by atoms with Gasteiger partial charge in [-0.2, -0.15) is 8.75 Å². The zero-order valence-electron chi connectivity index (χ0n) is 9.57. The molecule has 0 bridgehead atoms. The van der Waals surface area contributed by atoms with Gasteiger partial charge in [0.2, 0.25) is 11.6 Å². The molecule has 0 atom stereocenters. The van der Waals surface area contributed by atoms with E-state index >= 15 is 0 Å². The fourth-order valence-electron chi connectivity index (χ4n) is 2.17. The van der Waals surface area contributed by atoms with E-state index in [0.717, 1.165) is 11.7 Å². The standard InChI is InChI=1S/C12H7FN2O2S/c1-4-3-6(13)5(2)8-7(4)11(16)9-10(12(8)17)15-18-14-9/h3H,1-2H3. The first kappa shape index (κ1) is 11.2. The number of benzene rings is 1. The summed E-state index contributed by atoms with van der Waals surface area (Å²) in [5.41, 5.74) is 1.12. The predicted molar refractivity (Wildman–Crippen MR) is 62.6 cm³/mol. The lowest BCUT2D eigenvalue weighted by molar-refractivity contribution is 0.0972. The lowest BCUT2D eigenvalue weighted by Crippen LogP contribution is -2.24. The fourth-order valence-corrected chi connectivity index (χ4v) is 2.72. The van der Waals surface area contributed by atoms with Gasteiger partial charge in [0.1, 0.15) is 5.82 Å². The Kier molecular flexibility index (Phi) is 2.18. The van der Waals surface area contributed by atoms with E-state index in [1.165, 1.54) is 13.0 Å². The Morgan fingerprint density at radius 1 is 1.06 bits per heavy atom. The van der Waals surface area contributed by atoms with E-state index < -0.39 is 11.6 Å².